The van der Waals surface area contributed by atoms with Crippen molar-refractivity contribution in [3.63, 3.8) is 0 Å². The van der Waals surface area contributed by atoms with E-state index in [1.54, 1.807) is 20.2 Å². The molecule has 1 aromatic heterocycles. The summed E-state index contributed by atoms with van der Waals surface area (Å²) in [6, 6.07) is 10.3. The SMILES string of the molecule is CC(=O)Nc1ccc(OS(=O)(=O)c2ccc3c(c2)n(C)c(=O)n3C)cc1. The molecule has 0 saturated heterocycles. The van der Waals surface area contributed by atoms with Crippen LogP contribution in [0.2, 0.25) is 0 Å². The summed E-state index contributed by atoms with van der Waals surface area (Å²) in [5.74, 6) is -0.116. The van der Waals surface area contributed by atoms with Crippen LogP contribution in [0.25, 0.3) is 11.0 Å². The predicted octanol–water partition coefficient (Wildman–Crippen LogP) is 1.60. The minimum Gasteiger partial charge on any atom is -0.379 e. The van der Waals surface area contributed by atoms with Crippen molar-refractivity contribution in [3.05, 3.63) is 52.9 Å². The summed E-state index contributed by atoms with van der Waals surface area (Å²) in [6.07, 6.45) is 0. The number of imidazole rings is 1. The molecule has 0 saturated carbocycles. The van der Waals surface area contributed by atoms with E-state index in [0.717, 1.165) is 0 Å². The summed E-state index contributed by atoms with van der Waals surface area (Å²) in [7, 11) is -0.884. The fourth-order valence-corrected chi connectivity index (χ4v) is 3.57. The number of amides is 1. The second-order valence-corrected chi connectivity index (χ2v) is 7.34. The molecule has 0 spiro atoms. The van der Waals surface area contributed by atoms with Gasteiger partial charge in [-0.15, -0.1) is 0 Å². The van der Waals surface area contributed by atoms with Gasteiger partial charge in [0, 0.05) is 26.7 Å². The van der Waals surface area contributed by atoms with Crippen LogP contribution < -0.4 is 15.2 Å². The third kappa shape index (κ3) is 3.21. The van der Waals surface area contributed by atoms with Crippen molar-refractivity contribution in [2.45, 2.75) is 11.8 Å². The Morgan fingerprint density at radius 2 is 1.62 bits per heavy atom. The average Bonchev–Trinajstić information content (AvgIpc) is 2.80. The van der Waals surface area contributed by atoms with Crippen LogP contribution in [0.4, 0.5) is 5.69 Å². The molecule has 2 aromatic carbocycles. The molecule has 1 N–H and O–H groups in total. The number of carbonyl (C=O) groups excluding carboxylic acids is 1. The Morgan fingerprint density at radius 1 is 1.00 bits per heavy atom. The molecule has 0 radical (unpaired) electrons. The van der Waals surface area contributed by atoms with Gasteiger partial charge in [0.25, 0.3) is 0 Å². The third-order valence-electron chi connectivity index (χ3n) is 3.91. The minimum absolute atomic E-state index is 0.0582. The Bertz CT molecular complexity index is 1160. The van der Waals surface area contributed by atoms with Gasteiger partial charge in [-0.05, 0) is 42.5 Å². The van der Waals surface area contributed by atoms with Crippen molar-refractivity contribution in [1.29, 1.82) is 0 Å². The fourth-order valence-electron chi connectivity index (χ4n) is 2.61. The molecule has 1 amide bonds. The van der Waals surface area contributed by atoms with Crippen molar-refractivity contribution in [2.75, 3.05) is 5.32 Å². The van der Waals surface area contributed by atoms with Crippen molar-refractivity contribution < 1.29 is 17.4 Å². The molecule has 0 atom stereocenters. The van der Waals surface area contributed by atoms with Crippen LogP contribution in [-0.2, 0) is 29.0 Å². The highest BCUT2D eigenvalue weighted by Gasteiger charge is 2.19. The normalized spacial score (nSPS) is 11.5. The molecule has 26 heavy (non-hydrogen) atoms. The molecule has 0 unspecified atom stereocenters. The Balaban J connectivity index is 1.93. The van der Waals surface area contributed by atoms with Crippen LogP contribution in [0.5, 0.6) is 5.75 Å². The zero-order chi connectivity index (χ0) is 19.1. The minimum atomic E-state index is -4.07. The maximum atomic E-state index is 12.5. The number of anilines is 1. The average molecular weight is 375 g/mol. The molecular weight excluding hydrogens is 358 g/mol. The highest BCUT2D eigenvalue weighted by Crippen LogP contribution is 2.23. The second-order valence-electron chi connectivity index (χ2n) is 5.79. The first-order valence-corrected chi connectivity index (χ1v) is 9.07. The summed E-state index contributed by atoms with van der Waals surface area (Å²) in [5, 5.41) is 2.58. The van der Waals surface area contributed by atoms with Gasteiger partial charge < -0.3 is 9.50 Å². The molecule has 0 bridgehead atoms. The second kappa shape index (κ2) is 6.34. The topological polar surface area (TPSA) is 99.4 Å². The summed E-state index contributed by atoms with van der Waals surface area (Å²) in [5.41, 5.74) is 1.39. The number of hydrogen-bond acceptors (Lipinski definition) is 5. The molecular formula is C17H17N3O5S. The van der Waals surface area contributed by atoms with Crippen LogP contribution in [0.3, 0.4) is 0 Å². The lowest BCUT2D eigenvalue weighted by atomic mass is 10.3. The van der Waals surface area contributed by atoms with E-state index in [1.807, 2.05) is 0 Å². The monoisotopic (exact) mass is 375 g/mol. The third-order valence-corrected chi connectivity index (χ3v) is 5.16. The van der Waals surface area contributed by atoms with Crippen molar-refractivity contribution in [2.24, 2.45) is 14.1 Å². The Morgan fingerprint density at radius 3 is 2.23 bits per heavy atom. The molecule has 0 aliphatic heterocycles. The zero-order valence-corrected chi connectivity index (χ0v) is 15.2. The van der Waals surface area contributed by atoms with Gasteiger partial charge in [0.1, 0.15) is 10.6 Å². The van der Waals surface area contributed by atoms with Gasteiger partial charge in [0.05, 0.1) is 11.0 Å². The number of aromatic nitrogens is 2. The zero-order valence-electron chi connectivity index (χ0n) is 14.4. The van der Waals surface area contributed by atoms with E-state index in [0.29, 0.717) is 16.7 Å². The molecule has 0 fully saturated rings. The summed E-state index contributed by atoms with van der Waals surface area (Å²) in [6.45, 7) is 1.38. The van der Waals surface area contributed by atoms with Crippen molar-refractivity contribution >= 4 is 32.7 Å². The largest absolute Gasteiger partial charge is 0.379 e. The predicted molar refractivity (Wildman–Crippen MR) is 96.7 cm³/mol. The molecule has 8 nitrogen and oxygen atoms in total. The van der Waals surface area contributed by atoms with Crippen LogP contribution in [0.1, 0.15) is 6.92 Å². The highest BCUT2D eigenvalue weighted by atomic mass is 32.2. The number of nitrogens with one attached hydrogen (secondary N) is 1. The first kappa shape index (κ1) is 17.7. The van der Waals surface area contributed by atoms with Gasteiger partial charge in [-0.25, -0.2) is 4.79 Å². The Hall–Kier alpha value is -3.07. The molecule has 1 heterocycles. The maximum absolute atomic E-state index is 12.5. The van der Waals surface area contributed by atoms with Crippen LogP contribution in [0.15, 0.2) is 52.2 Å². The number of benzene rings is 2. The van der Waals surface area contributed by atoms with Crippen LogP contribution in [-0.4, -0.2) is 23.5 Å². The standard InChI is InChI=1S/C17H17N3O5S/c1-11(21)18-12-4-6-13(7-5-12)25-26(23,24)14-8-9-15-16(10-14)20(3)17(22)19(15)2/h4-10H,1-3H3,(H,18,21). The number of hydrogen-bond donors (Lipinski definition) is 1. The van der Waals surface area contributed by atoms with E-state index in [4.69, 9.17) is 4.18 Å². The van der Waals surface area contributed by atoms with Gasteiger partial charge in [-0.1, -0.05) is 0 Å². The molecule has 9 heteroatoms. The lowest BCUT2D eigenvalue weighted by Gasteiger charge is -2.08. The Labute approximate surface area is 149 Å². The lowest BCUT2D eigenvalue weighted by molar-refractivity contribution is -0.114. The smallest absolute Gasteiger partial charge is 0.339 e. The van der Waals surface area contributed by atoms with E-state index < -0.39 is 10.1 Å². The van der Waals surface area contributed by atoms with Gasteiger partial charge in [0.15, 0.2) is 0 Å². The number of aryl methyl sites for hydroxylation is 2. The summed E-state index contributed by atoms with van der Waals surface area (Å²) >= 11 is 0. The molecule has 3 rings (SSSR count). The number of nitrogens with zero attached hydrogens (tertiary/aromatic N) is 2. The first-order valence-electron chi connectivity index (χ1n) is 7.66. The van der Waals surface area contributed by atoms with E-state index in [1.165, 1.54) is 52.5 Å². The lowest BCUT2D eigenvalue weighted by Crippen LogP contribution is -2.19. The Kier molecular flexibility index (Phi) is 4.33. The highest BCUT2D eigenvalue weighted by molar-refractivity contribution is 7.87. The molecule has 0 aliphatic rings. The van der Waals surface area contributed by atoms with Gasteiger partial charge in [-0.3, -0.25) is 13.9 Å². The van der Waals surface area contributed by atoms with Crippen molar-refractivity contribution in [1.82, 2.24) is 9.13 Å². The quantitative estimate of drug-likeness (QED) is 0.699. The van der Waals surface area contributed by atoms with E-state index in [9.17, 15) is 18.0 Å². The van der Waals surface area contributed by atoms with Gasteiger partial charge >= 0.3 is 15.8 Å². The fraction of sp³-hybridized carbons (Fsp3) is 0.176. The number of rotatable bonds is 4. The summed E-state index contributed by atoms with van der Waals surface area (Å²) < 4.78 is 33.0. The summed E-state index contributed by atoms with van der Waals surface area (Å²) in [4.78, 5) is 22.9. The molecule has 3 aromatic rings. The van der Waals surface area contributed by atoms with E-state index >= 15 is 0 Å². The number of carbonyl (C=O) groups is 1. The van der Waals surface area contributed by atoms with Gasteiger partial charge in [0.2, 0.25) is 5.91 Å². The molecule has 0 aliphatic carbocycles. The van der Waals surface area contributed by atoms with E-state index in [2.05, 4.69) is 5.32 Å². The van der Waals surface area contributed by atoms with Crippen LogP contribution in [0, 0.1) is 0 Å². The maximum Gasteiger partial charge on any atom is 0.339 e. The molecule has 136 valence electrons. The van der Waals surface area contributed by atoms with Crippen molar-refractivity contribution in [3.8, 4) is 5.75 Å². The number of fused-ring (bicyclic) bond motifs is 1. The van der Waals surface area contributed by atoms with E-state index in [-0.39, 0.29) is 22.2 Å². The van der Waals surface area contributed by atoms with Gasteiger partial charge in [-0.2, -0.15) is 8.42 Å². The van der Waals surface area contributed by atoms with Crippen LogP contribution >= 0.6 is 0 Å². The first-order chi connectivity index (χ1) is 12.2.